The van der Waals surface area contributed by atoms with Crippen LogP contribution in [0.4, 0.5) is 0 Å². The number of halogens is 1. The largest absolute Gasteiger partial charge is 0.328 e. The van der Waals surface area contributed by atoms with Crippen LogP contribution in [0.2, 0.25) is 4.34 Å². The third-order valence-corrected chi connectivity index (χ3v) is 8.72. The molecular weight excluding hydrogens is 468 g/mol. The lowest BCUT2D eigenvalue weighted by molar-refractivity contribution is -0.156. The number of sulfonamides is 1. The molecule has 3 aromatic rings. The van der Waals surface area contributed by atoms with Crippen LogP contribution in [0.5, 0.6) is 0 Å². The standard InChI is InChI=1S/C23H21ClN2O4S2/c1-23(22(28)25-32(29,30)21-12-11-19(24)31-21)13-14-26(23)20(27)15-16-7-9-18(10-8-16)17-5-3-2-4-6-17/h2-12H,13-15H2,1H3,(H,25,28). The van der Waals surface area contributed by atoms with Crippen molar-refractivity contribution in [1.82, 2.24) is 9.62 Å². The molecule has 1 fully saturated rings. The maximum atomic E-state index is 12.9. The Balaban J connectivity index is 1.42. The van der Waals surface area contributed by atoms with Crippen molar-refractivity contribution < 1.29 is 18.0 Å². The lowest BCUT2D eigenvalue weighted by atomic mass is 9.85. The molecule has 4 rings (SSSR count). The van der Waals surface area contributed by atoms with E-state index in [9.17, 15) is 18.0 Å². The van der Waals surface area contributed by atoms with E-state index >= 15 is 0 Å². The van der Waals surface area contributed by atoms with Gasteiger partial charge in [-0.2, -0.15) is 0 Å². The summed E-state index contributed by atoms with van der Waals surface area (Å²) in [5, 5.41) is 0. The second-order valence-corrected chi connectivity index (χ2v) is 11.4. The van der Waals surface area contributed by atoms with Gasteiger partial charge in [-0.1, -0.05) is 66.2 Å². The van der Waals surface area contributed by atoms with Crippen LogP contribution in [0.3, 0.4) is 0 Å². The molecule has 1 atom stereocenters. The number of nitrogens with zero attached hydrogens (tertiary/aromatic N) is 1. The minimum Gasteiger partial charge on any atom is -0.328 e. The lowest BCUT2D eigenvalue weighted by Crippen LogP contribution is -2.68. The Kier molecular flexibility index (Phi) is 6.11. The number of carbonyl (C=O) groups is 2. The van der Waals surface area contributed by atoms with Gasteiger partial charge >= 0.3 is 0 Å². The van der Waals surface area contributed by atoms with E-state index in [1.807, 2.05) is 54.6 Å². The predicted octanol–water partition coefficient (Wildman–Crippen LogP) is 4.11. The van der Waals surface area contributed by atoms with Gasteiger partial charge in [-0.25, -0.2) is 13.1 Å². The van der Waals surface area contributed by atoms with Gasteiger partial charge in [-0.3, -0.25) is 9.59 Å². The summed E-state index contributed by atoms with van der Waals surface area (Å²) in [4.78, 5) is 27.1. The molecule has 1 aliphatic rings. The Morgan fingerprint density at radius 1 is 1.03 bits per heavy atom. The van der Waals surface area contributed by atoms with Gasteiger partial charge in [-0.05, 0) is 42.2 Å². The second-order valence-electron chi connectivity index (χ2n) is 7.80. The van der Waals surface area contributed by atoms with Crippen molar-refractivity contribution in [1.29, 1.82) is 0 Å². The highest BCUT2D eigenvalue weighted by molar-refractivity contribution is 7.92. The Morgan fingerprint density at radius 3 is 2.25 bits per heavy atom. The van der Waals surface area contributed by atoms with E-state index in [0.717, 1.165) is 28.0 Å². The molecule has 0 spiro atoms. The Morgan fingerprint density at radius 2 is 1.69 bits per heavy atom. The molecule has 0 saturated carbocycles. The fraction of sp³-hybridized carbons (Fsp3) is 0.217. The van der Waals surface area contributed by atoms with Gasteiger partial charge in [0.15, 0.2) is 0 Å². The number of benzene rings is 2. The molecule has 2 aromatic carbocycles. The van der Waals surface area contributed by atoms with Gasteiger partial charge < -0.3 is 4.90 Å². The molecule has 1 N–H and O–H groups in total. The summed E-state index contributed by atoms with van der Waals surface area (Å²) in [6.07, 6.45) is 0.517. The van der Waals surface area contributed by atoms with Gasteiger partial charge in [0.2, 0.25) is 5.91 Å². The van der Waals surface area contributed by atoms with Crippen molar-refractivity contribution in [2.45, 2.75) is 29.5 Å². The van der Waals surface area contributed by atoms with E-state index in [0.29, 0.717) is 17.3 Å². The highest BCUT2D eigenvalue weighted by atomic mass is 35.5. The summed E-state index contributed by atoms with van der Waals surface area (Å²) < 4.78 is 27.3. The molecule has 2 amide bonds. The number of thiophene rings is 1. The molecule has 1 saturated heterocycles. The fourth-order valence-electron chi connectivity index (χ4n) is 3.64. The summed E-state index contributed by atoms with van der Waals surface area (Å²) in [5.41, 5.74) is 1.75. The lowest BCUT2D eigenvalue weighted by Gasteiger charge is -2.48. The first kappa shape index (κ1) is 22.5. The molecule has 2 heterocycles. The van der Waals surface area contributed by atoms with Crippen molar-refractivity contribution in [3.05, 3.63) is 76.6 Å². The molecule has 1 aliphatic heterocycles. The zero-order valence-corrected chi connectivity index (χ0v) is 19.6. The number of rotatable bonds is 6. The van der Waals surface area contributed by atoms with E-state index in [-0.39, 0.29) is 16.5 Å². The molecule has 32 heavy (non-hydrogen) atoms. The second kappa shape index (κ2) is 8.69. The molecule has 6 nitrogen and oxygen atoms in total. The van der Waals surface area contributed by atoms with E-state index in [1.165, 1.54) is 17.0 Å². The number of hydrogen-bond acceptors (Lipinski definition) is 5. The summed E-state index contributed by atoms with van der Waals surface area (Å²) in [7, 11) is -4.04. The van der Waals surface area contributed by atoms with Crippen LogP contribution in [-0.2, 0) is 26.0 Å². The zero-order valence-electron chi connectivity index (χ0n) is 17.2. The molecule has 0 aliphatic carbocycles. The number of amides is 2. The summed E-state index contributed by atoms with van der Waals surface area (Å²) in [6, 6.07) is 20.4. The summed E-state index contributed by atoms with van der Waals surface area (Å²) >= 11 is 6.67. The van der Waals surface area contributed by atoms with Crippen LogP contribution >= 0.6 is 22.9 Å². The molecule has 1 unspecified atom stereocenters. The van der Waals surface area contributed by atoms with Crippen molar-refractivity contribution in [2.75, 3.05) is 6.54 Å². The van der Waals surface area contributed by atoms with E-state index < -0.39 is 21.5 Å². The topological polar surface area (TPSA) is 83.6 Å². The maximum absolute atomic E-state index is 12.9. The molecule has 0 radical (unpaired) electrons. The molecular formula is C23H21ClN2O4S2. The van der Waals surface area contributed by atoms with E-state index in [4.69, 9.17) is 11.6 Å². The third-order valence-electron chi connectivity index (χ3n) is 5.67. The van der Waals surface area contributed by atoms with Gasteiger partial charge in [0.1, 0.15) is 9.75 Å². The van der Waals surface area contributed by atoms with Crippen LogP contribution in [0.15, 0.2) is 70.9 Å². The van der Waals surface area contributed by atoms with Crippen LogP contribution in [0.1, 0.15) is 18.9 Å². The van der Waals surface area contributed by atoms with E-state index in [2.05, 4.69) is 4.72 Å². The average Bonchev–Trinajstić information content (AvgIpc) is 3.20. The van der Waals surface area contributed by atoms with Crippen molar-refractivity contribution >= 4 is 44.8 Å². The Labute approximate surface area is 195 Å². The fourth-order valence-corrected chi connectivity index (χ4v) is 6.19. The SMILES string of the molecule is CC1(C(=O)NS(=O)(=O)c2ccc(Cl)s2)CCN1C(=O)Cc1ccc(-c2ccccc2)cc1. The maximum Gasteiger partial charge on any atom is 0.273 e. The minimum absolute atomic E-state index is 0.0462. The minimum atomic E-state index is -4.04. The van der Waals surface area contributed by atoms with Gasteiger partial charge in [0.05, 0.1) is 10.8 Å². The number of carbonyl (C=O) groups excluding carboxylic acids is 2. The first-order valence-electron chi connectivity index (χ1n) is 9.96. The van der Waals surface area contributed by atoms with Crippen LogP contribution in [-0.4, -0.2) is 37.2 Å². The quantitative estimate of drug-likeness (QED) is 0.566. The molecule has 166 valence electrons. The highest BCUT2D eigenvalue weighted by Crippen LogP contribution is 2.33. The van der Waals surface area contributed by atoms with Crippen LogP contribution < -0.4 is 4.72 Å². The predicted molar refractivity (Wildman–Crippen MR) is 125 cm³/mol. The number of likely N-dealkylation sites (tertiary alicyclic amines) is 1. The van der Waals surface area contributed by atoms with Crippen molar-refractivity contribution in [3.8, 4) is 11.1 Å². The number of hydrogen-bond donors (Lipinski definition) is 1. The van der Waals surface area contributed by atoms with E-state index in [1.54, 1.807) is 6.92 Å². The zero-order chi connectivity index (χ0) is 22.9. The smallest absolute Gasteiger partial charge is 0.273 e. The Bertz CT molecular complexity index is 1260. The average molecular weight is 489 g/mol. The van der Waals surface area contributed by atoms with Crippen LogP contribution in [0.25, 0.3) is 11.1 Å². The van der Waals surface area contributed by atoms with Crippen LogP contribution in [0, 0.1) is 0 Å². The van der Waals surface area contributed by atoms with Gasteiger partial charge in [0, 0.05) is 6.54 Å². The molecule has 9 heteroatoms. The van der Waals surface area contributed by atoms with Gasteiger partial charge in [-0.15, -0.1) is 11.3 Å². The summed E-state index contributed by atoms with van der Waals surface area (Å²) in [6.45, 7) is 1.98. The first-order valence-corrected chi connectivity index (χ1v) is 12.6. The Hall–Kier alpha value is -2.68. The molecule has 0 bridgehead atoms. The monoisotopic (exact) mass is 488 g/mol. The molecule has 1 aromatic heterocycles. The highest BCUT2D eigenvalue weighted by Gasteiger charge is 2.50. The first-order chi connectivity index (χ1) is 15.2. The summed E-state index contributed by atoms with van der Waals surface area (Å²) in [5.74, 6) is -0.945. The van der Waals surface area contributed by atoms with Gasteiger partial charge in [0.25, 0.3) is 15.9 Å². The van der Waals surface area contributed by atoms with Crippen molar-refractivity contribution in [3.63, 3.8) is 0 Å². The third kappa shape index (κ3) is 4.44. The number of nitrogens with one attached hydrogen (secondary N) is 1. The normalized spacial score (nSPS) is 18.1. The van der Waals surface area contributed by atoms with Crippen molar-refractivity contribution in [2.24, 2.45) is 0 Å².